The van der Waals surface area contributed by atoms with Gasteiger partial charge in [-0.15, -0.1) is 0 Å². The molecule has 92 valence electrons. The SMILES string of the molecule is COC(C)(C)C(=O)N1CCc2cc(N)ccc21. The Labute approximate surface area is 101 Å². The third kappa shape index (κ3) is 2.00. The van der Waals surface area contributed by atoms with Gasteiger partial charge in [-0.1, -0.05) is 0 Å². The number of fused-ring (bicyclic) bond motifs is 1. The molecule has 17 heavy (non-hydrogen) atoms. The second kappa shape index (κ2) is 4.04. The summed E-state index contributed by atoms with van der Waals surface area (Å²) in [6, 6.07) is 5.66. The van der Waals surface area contributed by atoms with Gasteiger partial charge in [0.1, 0.15) is 5.60 Å². The first kappa shape index (κ1) is 11.9. The Hall–Kier alpha value is -1.55. The molecule has 0 atom stereocenters. The monoisotopic (exact) mass is 234 g/mol. The van der Waals surface area contributed by atoms with E-state index in [2.05, 4.69) is 0 Å². The van der Waals surface area contributed by atoms with Gasteiger partial charge in [0.25, 0.3) is 5.91 Å². The highest BCUT2D eigenvalue weighted by Crippen LogP contribution is 2.31. The standard InChI is InChI=1S/C13H18N2O2/c1-13(2,17-3)12(16)15-7-6-9-8-10(14)4-5-11(9)15/h4-5,8H,6-7,14H2,1-3H3. The Bertz CT molecular complexity index is 455. The van der Waals surface area contributed by atoms with Gasteiger partial charge in [-0.05, 0) is 44.0 Å². The molecular formula is C13H18N2O2. The highest BCUT2D eigenvalue weighted by atomic mass is 16.5. The molecule has 2 N–H and O–H groups in total. The van der Waals surface area contributed by atoms with Gasteiger partial charge in [0, 0.05) is 25.0 Å². The van der Waals surface area contributed by atoms with Crippen molar-refractivity contribution in [2.75, 3.05) is 24.3 Å². The molecule has 0 aliphatic carbocycles. The molecule has 4 nitrogen and oxygen atoms in total. The van der Waals surface area contributed by atoms with E-state index in [0.29, 0.717) is 6.54 Å². The molecule has 0 fully saturated rings. The minimum atomic E-state index is -0.789. The van der Waals surface area contributed by atoms with Crippen molar-refractivity contribution in [1.29, 1.82) is 0 Å². The predicted octanol–water partition coefficient (Wildman–Crippen LogP) is 1.58. The van der Waals surface area contributed by atoms with E-state index >= 15 is 0 Å². The van der Waals surface area contributed by atoms with E-state index in [9.17, 15) is 4.79 Å². The second-order valence-corrected chi connectivity index (χ2v) is 4.81. The van der Waals surface area contributed by atoms with Crippen LogP contribution >= 0.6 is 0 Å². The van der Waals surface area contributed by atoms with Gasteiger partial charge in [-0.2, -0.15) is 0 Å². The first-order chi connectivity index (χ1) is 7.95. The van der Waals surface area contributed by atoms with Crippen molar-refractivity contribution in [3.05, 3.63) is 23.8 Å². The van der Waals surface area contributed by atoms with E-state index in [0.717, 1.165) is 23.4 Å². The fourth-order valence-corrected chi connectivity index (χ4v) is 2.04. The average Bonchev–Trinajstić information content (AvgIpc) is 2.70. The van der Waals surface area contributed by atoms with Crippen LogP contribution in [0.15, 0.2) is 18.2 Å². The summed E-state index contributed by atoms with van der Waals surface area (Å²) < 4.78 is 5.23. The van der Waals surface area contributed by atoms with Crippen molar-refractivity contribution < 1.29 is 9.53 Å². The second-order valence-electron chi connectivity index (χ2n) is 4.81. The van der Waals surface area contributed by atoms with Crippen LogP contribution in [0.4, 0.5) is 11.4 Å². The van der Waals surface area contributed by atoms with Crippen LogP contribution in [0.2, 0.25) is 0 Å². The summed E-state index contributed by atoms with van der Waals surface area (Å²) in [5.74, 6) is -0.0106. The average molecular weight is 234 g/mol. The molecule has 1 heterocycles. The maximum absolute atomic E-state index is 12.3. The molecule has 1 aromatic rings. The Kier molecular flexibility index (Phi) is 2.83. The van der Waals surface area contributed by atoms with Gasteiger partial charge in [-0.25, -0.2) is 0 Å². The summed E-state index contributed by atoms with van der Waals surface area (Å²) in [5.41, 5.74) is 7.77. The topological polar surface area (TPSA) is 55.6 Å². The largest absolute Gasteiger partial charge is 0.399 e. The van der Waals surface area contributed by atoms with Gasteiger partial charge < -0.3 is 15.4 Å². The number of hydrogen-bond donors (Lipinski definition) is 1. The number of nitrogens with zero attached hydrogens (tertiary/aromatic N) is 1. The van der Waals surface area contributed by atoms with Gasteiger partial charge in [0.2, 0.25) is 0 Å². The molecule has 0 radical (unpaired) electrons. The number of carbonyl (C=O) groups excluding carboxylic acids is 1. The fraction of sp³-hybridized carbons (Fsp3) is 0.462. The number of methoxy groups -OCH3 is 1. The Morgan fingerprint density at radius 2 is 2.18 bits per heavy atom. The number of nitrogens with two attached hydrogens (primary N) is 1. The molecule has 0 aromatic heterocycles. The Balaban J connectivity index is 2.31. The number of benzene rings is 1. The summed E-state index contributed by atoms with van der Waals surface area (Å²) >= 11 is 0. The molecule has 1 aromatic carbocycles. The quantitative estimate of drug-likeness (QED) is 0.790. The van der Waals surface area contributed by atoms with Crippen LogP contribution in [-0.2, 0) is 16.0 Å². The van der Waals surface area contributed by atoms with Crippen LogP contribution in [0.1, 0.15) is 19.4 Å². The lowest BCUT2D eigenvalue weighted by atomic mass is 10.1. The van der Waals surface area contributed by atoms with Crippen LogP contribution in [0.3, 0.4) is 0 Å². The van der Waals surface area contributed by atoms with Gasteiger partial charge in [0.05, 0.1) is 0 Å². The maximum atomic E-state index is 12.3. The minimum absolute atomic E-state index is 0.0106. The third-order valence-corrected chi connectivity index (χ3v) is 3.27. The van der Waals surface area contributed by atoms with E-state index in [-0.39, 0.29) is 5.91 Å². The molecule has 0 spiro atoms. The van der Waals surface area contributed by atoms with Crippen LogP contribution < -0.4 is 10.6 Å². The number of hydrogen-bond acceptors (Lipinski definition) is 3. The van der Waals surface area contributed by atoms with Crippen molar-refractivity contribution in [2.24, 2.45) is 0 Å². The highest BCUT2D eigenvalue weighted by molar-refractivity contribution is 6.00. The minimum Gasteiger partial charge on any atom is -0.399 e. The molecule has 0 bridgehead atoms. The fourth-order valence-electron chi connectivity index (χ4n) is 2.04. The molecule has 0 unspecified atom stereocenters. The first-order valence-corrected chi connectivity index (χ1v) is 5.71. The number of amides is 1. The van der Waals surface area contributed by atoms with Crippen LogP contribution in [0.25, 0.3) is 0 Å². The van der Waals surface area contributed by atoms with Gasteiger partial charge in [-0.3, -0.25) is 4.79 Å². The summed E-state index contributed by atoms with van der Waals surface area (Å²) in [5, 5.41) is 0. The Morgan fingerprint density at radius 3 is 2.82 bits per heavy atom. The van der Waals surface area contributed by atoms with Gasteiger partial charge >= 0.3 is 0 Å². The number of ether oxygens (including phenoxy) is 1. The maximum Gasteiger partial charge on any atom is 0.258 e. The molecular weight excluding hydrogens is 216 g/mol. The zero-order valence-electron chi connectivity index (χ0n) is 10.5. The van der Waals surface area contributed by atoms with Crippen molar-refractivity contribution >= 4 is 17.3 Å². The lowest BCUT2D eigenvalue weighted by molar-refractivity contribution is -0.136. The van der Waals surface area contributed by atoms with Gasteiger partial charge in [0.15, 0.2) is 0 Å². The molecule has 2 rings (SSSR count). The zero-order chi connectivity index (χ0) is 12.6. The van der Waals surface area contributed by atoms with Crippen LogP contribution in [-0.4, -0.2) is 25.2 Å². The molecule has 1 amide bonds. The van der Waals surface area contributed by atoms with Crippen molar-refractivity contribution in [1.82, 2.24) is 0 Å². The molecule has 0 saturated heterocycles. The van der Waals surface area contributed by atoms with Crippen molar-refractivity contribution in [2.45, 2.75) is 25.9 Å². The first-order valence-electron chi connectivity index (χ1n) is 5.71. The van der Waals surface area contributed by atoms with E-state index in [4.69, 9.17) is 10.5 Å². The smallest absolute Gasteiger partial charge is 0.258 e. The number of nitrogen functional groups attached to an aromatic ring is 1. The van der Waals surface area contributed by atoms with Crippen LogP contribution in [0, 0.1) is 0 Å². The van der Waals surface area contributed by atoms with E-state index in [1.54, 1.807) is 25.9 Å². The molecule has 4 heteroatoms. The van der Waals surface area contributed by atoms with Crippen molar-refractivity contribution in [3.8, 4) is 0 Å². The summed E-state index contributed by atoms with van der Waals surface area (Å²) in [7, 11) is 1.55. The van der Waals surface area contributed by atoms with Crippen molar-refractivity contribution in [3.63, 3.8) is 0 Å². The molecule has 1 aliphatic heterocycles. The number of rotatable bonds is 2. The highest BCUT2D eigenvalue weighted by Gasteiger charge is 2.35. The summed E-state index contributed by atoms with van der Waals surface area (Å²) in [4.78, 5) is 14.1. The lowest BCUT2D eigenvalue weighted by Gasteiger charge is -2.28. The summed E-state index contributed by atoms with van der Waals surface area (Å²) in [6.45, 7) is 4.26. The molecule has 0 saturated carbocycles. The van der Waals surface area contributed by atoms with E-state index in [1.807, 2.05) is 18.2 Å². The van der Waals surface area contributed by atoms with Crippen LogP contribution in [0.5, 0.6) is 0 Å². The zero-order valence-corrected chi connectivity index (χ0v) is 10.5. The molecule has 1 aliphatic rings. The Morgan fingerprint density at radius 1 is 1.47 bits per heavy atom. The third-order valence-electron chi connectivity index (χ3n) is 3.27. The lowest BCUT2D eigenvalue weighted by Crippen LogP contribution is -2.45. The number of carbonyl (C=O) groups is 1. The predicted molar refractivity (Wildman–Crippen MR) is 68.0 cm³/mol. The van der Waals surface area contributed by atoms with E-state index in [1.165, 1.54) is 0 Å². The number of anilines is 2. The van der Waals surface area contributed by atoms with E-state index < -0.39 is 5.60 Å². The summed E-state index contributed by atoms with van der Waals surface area (Å²) in [6.07, 6.45) is 0.853. The normalized spacial score (nSPS) is 14.9.